The van der Waals surface area contributed by atoms with Crippen molar-refractivity contribution in [2.75, 3.05) is 0 Å². The number of aliphatic imine (C=N–C) groups is 3. The Morgan fingerprint density at radius 1 is 0.529 bits per heavy atom. The standard InChI is InChI=1S/C30H23N3O/c34-26-14-8-7-13-25(26)29-31-27(23-17-15-22(16-18-23)21-9-3-1-4-10-21)30(19-20-30)33-28(32-29)24-11-5-2-6-12-24/h1-18,34H,19-20H2. The van der Waals surface area contributed by atoms with Gasteiger partial charge < -0.3 is 5.11 Å². The van der Waals surface area contributed by atoms with Crippen LogP contribution in [-0.4, -0.2) is 28.0 Å². The highest BCUT2D eigenvalue weighted by Gasteiger charge is 2.49. The first-order valence-corrected chi connectivity index (χ1v) is 11.5. The molecule has 1 heterocycles. The van der Waals surface area contributed by atoms with Crippen LogP contribution in [0.25, 0.3) is 11.1 Å². The normalized spacial score (nSPS) is 16.3. The molecule has 1 spiro atoms. The molecule has 1 fully saturated rings. The van der Waals surface area contributed by atoms with Crippen LogP contribution >= 0.6 is 0 Å². The summed E-state index contributed by atoms with van der Waals surface area (Å²) in [6.45, 7) is 0. The van der Waals surface area contributed by atoms with E-state index < -0.39 is 5.54 Å². The fourth-order valence-electron chi connectivity index (χ4n) is 4.37. The Morgan fingerprint density at radius 2 is 1.09 bits per heavy atom. The van der Waals surface area contributed by atoms with Crippen LogP contribution in [0.15, 0.2) is 124 Å². The highest BCUT2D eigenvalue weighted by Crippen LogP contribution is 2.45. The van der Waals surface area contributed by atoms with Gasteiger partial charge in [-0.2, -0.15) is 0 Å². The molecule has 4 nitrogen and oxygen atoms in total. The average Bonchev–Trinajstić information content (AvgIpc) is 3.70. The fraction of sp³-hybridized carbons (Fsp3) is 0.100. The topological polar surface area (TPSA) is 57.3 Å². The van der Waals surface area contributed by atoms with E-state index in [1.807, 2.05) is 60.7 Å². The van der Waals surface area contributed by atoms with E-state index in [-0.39, 0.29) is 5.75 Å². The summed E-state index contributed by atoms with van der Waals surface area (Å²) in [4.78, 5) is 15.1. The van der Waals surface area contributed by atoms with Gasteiger partial charge in [-0.3, -0.25) is 4.99 Å². The zero-order valence-electron chi connectivity index (χ0n) is 18.6. The molecule has 2 aliphatic rings. The van der Waals surface area contributed by atoms with Gasteiger partial charge >= 0.3 is 0 Å². The van der Waals surface area contributed by atoms with Gasteiger partial charge in [0.1, 0.15) is 11.3 Å². The molecule has 34 heavy (non-hydrogen) atoms. The molecule has 0 atom stereocenters. The summed E-state index contributed by atoms with van der Waals surface area (Å²) in [6, 6.07) is 36.0. The van der Waals surface area contributed by atoms with E-state index in [4.69, 9.17) is 15.0 Å². The second-order valence-corrected chi connectivity index (χ2v) is 8.69. The highest BCUT2D eigenvalue weighted by atomic mass is 16.3. The molecular weight excluding hydrogens is 418 g/mol. The molecule has 1 aliphatic carbocycles. The van der Waals surface area contributed by atoms with E-state index >= 15 is 0 Å². The first-order valence-electron chi connectivity index (χ1n) is 11.5. The van der Waals surface area contributed by atoms with Crippen molar-refractivity contribution in [1.82, 2.24) is 0 Å². The predicted octanol–water partition coefficient (Wildman–Crippen LogP) is 6.29. The minimum atomic E-state index is -0.394. The second kappa shape index (κ2) is 8.23. The van der Waals surface area contributed by atoms with E-state index in [1.54, 1.807) is 12.1 Å². The van der Waals surface area contributed by atoms with Crippen LogP contribution in [0.4, 0.5) is 0 Å². The summed E-state index contributed by atoms with van der Waals surface area (Å²) in [5.74, 6) is 1.28. The number of hydrogen-bond acceptors (Lipinski definition) is 4. The highest BCUT2D eigenvalue weighted by molar-refractivity contribution is 6.23. The summed E-state index contributed by atoms with van der Waals surface area (Å²) in [6.07, 6.45) is 1.85. The van der Waals surface area contributed by atoms with Crippen molar-refractivity contribution in [2.24, 2.45) is 15.0 Å². The zero-order valence-corrected chi connectivity index (χ0v) is 18.6. The van der Waals surface area contributed by atoms with Crippen LogP contribution in [0, 0.1) is 0 Å². The Kier molecular flexibility index (Phi) is 4.92. The summed E-state index contributed by atoms with van der Waals surface area (Å²) >= 11 is 0. The van der Waals surface area contributed by atoms with Crippen molar-refractivity contribution < 1.29 is 5.11 Å². The first-order chi connectivity index (χ1) is 16.7. The number of benzene rings is 4. The summed E-state index contributed by atoms with van der Waals surface area (Å²) in [5.41, 5.74) is 5.42. The number of amidine groups is 2. The van der Waals surface area contributed by atoms with Gasteiger partial charge in [0.2, 0.25) is 0 Å². The van der Waals surface area contributed by atoms with Gasteiger partial charge in [0.15, 0.2) is 11.7 Å². The minimum absolute atomic E-state index is 0.155. The predicted molar refractivity (Wildman–Crippen MR) is 138 cm³/mol. The Hall–Kier alpha value is -4.31. The van der Waals surface area contributed by atoms with Gasteiger partial charge in [-0.15, -0.1) is 0 Å². The number of para-hydroxylation sites is 1. The van der Waals surface area contributed by atoms with E-state index in [0.29, 0.717) is 17.2 Å². The van der Waals surface area contributed by atoms with Crippen LogP contribution in [0.3, 0.4) is 0 Å². The van der Waals surface area contributed by atoms with Crippen molar-refractivity contribution in [3.05, 3.63) is 126 Å². The Bertz CT molecular complexity index is 1430. The van der Waals surface area contributed by atoms with Crippen LogP contribution in [0.2, 0.25) is 0 Å². The number of nitrogens with zero attached hydrogens (tertiary/aromatic N) is 3. The third-order valence-electron chi connectivity index (χ3n) is 6.36. The Morgan fingerprint density at radius 3 is 1.74 bits per heavy atom. The van der Waals surface area contributed by atoms with Crippen LogP contribution < -0.4 is 0 Å². The molecule has 6 rings (SSSR count). The fourth-order valence-corrected chi connectivity index (χ4v) is 4.37. The summed E-state index contributed by atoms with van der Waals surface area (Å²) in [7, 11) is 0. The molecule has 1 saturated carbocycles. The van der Waals surface area contributed by atoms with E-state index in [9.17, 15) is 5.11 Å². The third kappa shape index (κ3) is 3.73. The molecule has 0 amide bonds. The molecule has 4 aromatic rings. The minimum Gasteiger partial charge on any atom is -0.507 e. The van der Waals surface area contributed by atoms with Crippen molar-refractivity contribution in [3.63, 3.8) is 0 Å². The lowest BCUT2D eigenvalue weighted by atomic mass is 9.97. The van der Waals surface area contributed by atoms with E-state index in [2.05, 4.69) is 36.4 Å². The molecule has 4 aromatic carbocycles. The first kappa shape index (κ1) is 20.3. The van der Waals surface area contributed by atoms with Crippen molar-refractivity contribution in [2.45, 2.75) is 18.4 Å². The van der Waals surface area contributed by atoms with Gasteiger partial charge in [-0.1, -0.05) is 97.1 Å². The molecule has 1 N–H and O–H groups in total. The molecule has 0 aromatic heterocycles. The van der Waals surface area contributed by atoms with Gasteiger partial charge in [0.05, 0.1) is 11.3 Å². The van der Waals surface area contributed by atoms with Crippen LogP contribution in [0.5, 0.6) is 5.75 Å². The van der Waals surface area contributed by atoms with Crippen LogP contribution in [0.1, 0.15) is 29.5 Å². The van der Waals surface area contributed by atoms with Crippen molar-refractivity contribution in [1.29, 1.82) is 0 Å². The second-order valence-electron chi connectivity index (χ2n) is 8.69. The lowest BCUT2D eigenvalue weighted by molar-refractivity contribution is 0.474. The molecule has 0 unspecified atom stereocenters. The Labute approximate surface area is 198 Å². The van der Waals surface area contributed by atoms with Gasteiger partial charge in [0.25, 0.3) is 0 Å². The maximum absolute atomic E-state index is 10.6. The molecule has 164 valence electrons. The molecule has 0 bridgehead atoms. The number of aromatic hydroxyl groups is 1. The molecule has 0 saturated heterocycles. The monoisotopic (exact) mass is 441 g/mol. The lowest BCUT2D eigenvalue weighted by Crippen LogP contribution is -2.23. The van der Waals surface area contributed by atoms with Gasteiger partial charge in [-0.25, -0.2) is 9.98 Å². The van der Waals surface area contributed by atoms with Gasteiger partial charge in [0, 0.05) is 5.56 Å². The number of phenolic OH excluding ortho intramolecular Hbond substituents is 1. The van der Waals surface area contributed by atoms with Crippen LogP contribution in [-0.2, 0) is 0 Å². The third-order valence-corrected chi connectivity index (χ3v) is 6.36. The molecule has 0 radical (unpaired) electrons. The maximum Gasteiger partial charge on any atom is 0.165 e. The lowest BCUT2D eigenvalue weighted by Gasteiger charge is -2.14. The Balaban J connectivity index is 1.49. The molecular formula is C30H23N3O. The number of hydrogen-bond donors (Lipinski definition) is 1. The molecule has 4 heteroatoms. The average molecular weight is 442 g/mol. The largest absolute Gasteiger partial charge is 0.507 e. The SMILES string of the molecule is Oc1ccccc1C1=NC(c2ccccc2)=NC2(CC2)C(c2ccc(-c3ccccc3)cc2)=N1. The van der Waals surface area contributed by atoms with E-state index in [1.165, 1.54) is 5.56 Å². The smallest absolute Gasteiger partial charge is 0.165 e. The summed E-state index contributed by atoms with van der Waals surface area (Å²) in [5, 5.41) is 10.6. The van der Waals surface area contributed by atoms with Gasteiger partial charge in [-0.05, 0) is 41.7 Å². The summed E-state index contributed by atoms with van der Waals surface area (Å²) < 4.78 is 0. The molecule has 1 aliphatic heterocycles. The quantitative estimate of drug-likeness (QED) is 0.398. The van der Waals surface area contributed by atoms with Crippen molar-refractivity contribution >= 4 is 17.4 Å². The number of rotatable bonds is 4. The maximum atomic E-state index is 10.6. The van der Waals surface area contributed by atoms with E-state index in [0.717, 1.165) is 35.2 Å². The number of phenols is 1. The van der Waals surface area contributed by atoms with Crippen molar-refractivity contribution in [3.8, 4) is 16.9 Å². The zero-order chi connectivity index (χ0) is 23.0.